The van der Waals surface area contributed by atoms with Gasteiger partial charge in [-0.15, -0.1) is 0 Å². The van der Waals surface area contributed by atoms with Crippen LogP contribution >= 0.6 is 0 Å². The summed E-state index contributed by atoms with van der Waals surface area (Å²) in [4.78, 5) is 10.8. The molecule has 1 aliphatic heterocycles. The first-order valence-electron chi connectivity index (χ1n) is 12.0. The molecule has 9 heteroatoms. The molecule has 0 atom stereocenters. The number of morpholine rings is 1. The van der Waals surface area contributed by atoms with Crippen LogP contribution in [0.2, 0.25) is 0 Å². The number of hydrogen-bond donors (Lipinski definition) is 2. The number of phenols is 1. The van der Waals surface area contributed by atoms with E-state index in [1.165, 1.54) is 6.07 Å². The first kappa shape index (κ1) is 22.9. The van der Waals surface area contributed by atoms with Gasteiger partial charge in [-0.2, -0.15) is 9.97 Å². The minimum Gasteiger partial charge on any atom is -0.508 e. The van der Waals surface area contributed by atoms with E-state index < -0.39 is 11.6 Å². The van der Waals surface area contributed by atoms with Gasteiger partial charge in [0.25, 0.3) is 0 Å². The molecular weight excluding hydrogens is 466 g/mol. The van der Waals surface area contributed by atoms with Crippen LogP contribution in [0.5, 0.6) is 11.8 Å². The van der Waals surface area contributed by atoms with E-state index >= 15 is 8.78 Å². The smallest absolute Gasteiger partial charge is 0.319 e. The van der Waals surface area contributed by atoms with Crippen molar-refractivity contribution in [1.82, 2.24) is 14.9 Å². The van der Waals surface area contributed by atoms with E-state index in [1.807, 2.05) is 0 Å². The molecule has 0 unspecified atom stereocenters. The van der Waals surface area contributed by atoms with Gasteiger partial charge >= 0.3 is 6.01 Å². The van der Waals surface area contributed by atoms with Crippen LogP contribution in [0, 0.1) is 17.0 Å². The van der Waals surface area contributed by atoms with Gasteiger partial charge in [-0.05, 0) is 47.4 Å². The Bertz CT molecular complexity index is 1470. The Hall–Kier alpha value is -3.56. The Morgan fingerprint density at radius 3 is 2.61 bits per heavy atom. The zero-order valence-corrected chi connectivity index (χ0v) is 19.6. The molecule has 2 aliphatic rings. The number of rotatable bonds is 6. The maximum Gasteiger partial charge on any atom is 0.319 e. The first-order valence-corrected chi connectivity index (χ1v) is 12.0. The lowest BCUT2D eigenvalue weighted by Gasteiger charge is -2.30. The van der Waals surface area contributed by atoms with Gasteiger partial charge in [-0.25, -0.2) is 8.78 Å². The van der Waals surface area contributed by atoms with Crippen molar-refractivity contribution in [2.45, 2.75) is 12.8 Å². The van der Waals surface area contributed by atoms with E-state index in [0.29, 0.717) is 17.4 Å². The van der Waals surface area contributed by atoms with E-state index in [2.05, 4.69) is 14.9 Å². The number of benzene rings is 3. The highest BCUT2D eigenvalue weighted by Crippen LogP contribution is 2.46. The quantitative estimate of drug-likeness (QED) is 0.409. The standard InChI is InChI=1S/C27H26F2N4O3/c28-21-13-20-24(23(29)22(21)19-12-17(34)11-16-3-1-2-4-18(16)19)31-26(32-25(20)30)36-15-27(5-6-27)14-33-7-9-35-10-8-33/h1-4,11-13,34H,5-10,14-15H2,(H2,30,31,32). The molecule has 0 spiro atoms. The fraction of sp³-hybridized carbons (Fsp3) is 0.333. The number of fused-ring (bicyclic) bond motifs is 2. The summed E-state index contributed by atoms with van der Waals surface area (Å²) in [5.74, 6) is -1.85. The zero-order chi connectivity index (χ0) is 24.9. The average molecular weight is 493 g/mol. The Labute approximate surface area is 206 Å². The monoisotopic (exact) mass is 492 g/mol. The largest absolute Gasteiger partial charge is 0.508 e. The molecule has 3 N–H and O–H groups in total. The molecule has 1 saturated carbocycles. The number of halogens is 2. The van der Waals surface area contributed by atoms with Crippen molar-refractivity contribution in [2.24, 2.45) is 5.41 Å². The van der Waals surface area contributed by atoms with Crippen LogP contribution in [-0.2, 0) is 4.74 Å². The lowest BCUT2D eigenvalue weighted by molar-refractivity contribution is 0.0231. The summed E-state index contributed by atoms with van der Waals surface area (Å²) in [6, 6.07) is 11.1. The second-order valence-corrected chi connectivity index (χ2v) is 9.73. The third-order valence-electron chi connectivity index (χ3n) is 7.14. The van der Waals surface area contributed by atoms with Gasteiger partial charge in [-0.1, -0.05) is 24.3 Å². The highest BCUT2D eigenvalue weighted by atomic mass is 19.1. The number of anilines is 1. The number of phenolic OH excluding ortho intramolecular Hbond substituents is 1. The SMILES string of the molecule is Nc1nc(OCC2(CN3CCOCC3)CC2)nc2c(F)c(-c3cc(O)cc4ccccc34)c(F)cc12. The fourth-order valence-corrected chi connectivity index (χ4v) is 4.99. The van der Waals surface area contributed by atoms with Gasteiger partial charge in [0.05, 0.1) is 25.4 Å². The zero-order valence-electron chi connectivity index (χ0n) is 19.6. The number of nitrogens with zero attached hydrogens (tertiary/aromatic N) is 3. The average Bonchev–Trinajstić information content (AvgIpc) is 3.63. The molecule has 0 amide bonds. The van der Waals surface area contributed by atoms with Crippen LogP contribution < -0.4 is 10.5 Å². The van der Waals surface area contributed by atoms with Crippen LogP contribution in [0.4, 0.5) is 14.6 Å². The van der Waals surface area contributed by atoms with E-state index in [4.69, 9.17) is 15.2 Å². The fourth-order valence-electron chi connectivity index (χ4n) is 4.99. The summed E-state index contributed by atoms with van der Waals surface area (Å²) in [5, 5.41) is 11.5. The summed E-state index contributed by atoms with van der Waals surface area (Å²) in [6.07, 6.45) is 2.06. The van der Waals surface area contributed by atoms with Gasteiger partial charge in [-0.3, -0.25) is 4.90 Å². The number of ether oxygens (including phenoxy) is 2. The molecule has 7 nitrogen and oxygen atoms in total. The lowest BCUT2D eigenvalue weighted by atomic mass is 9.96. The molecule has 6 rings (SSSR count). The highest BCUT2D eigenvalue weighted by Gasteiger charge is 2.45. The maximum absolute atomic E-state index is 15.9. The molecular formula is C27H26F2N4O3. The molecule has 0 bridgehead atoms. The Kier molecular flexibility index (Phi) is 5.61. The van der Waals surface area contributed by atoms with Gasteiger partial charge in [0.1, 0.15) is 22.9 Å². The minimum absolute atomic E-state index is 0.0113. The van der Waals surface area contributed by atoms with Crippen LogP contribution in [-0.4, -0.2) is 59.4 Å². The third kappa shape index (κ3) is 4.18. The van der Waals surface area contributed by atoms with Crippen LogP contribution in [0.15, 0.2) is 42.5 Å². The molecule has 36 heavy (non-hydrogen) atoms. The number of aromatic hydroxyl groups is 1. The molecule has 4 aromatic rings. The lowest BCUT2D eigenvalue weighted by Crippen LogP contribution is -2.41. The predicted molar refractivity (Wildman–Crippen MR) is 133 cm³/mol. The van der Waals surface area contributed by atoms with Crippen molar-refractivity contribution in [3.8, 4) is 22.9 Å². The van der Waals surface area contributed by atoms with Gasteiger partial charge in [0, 0.05) is 30.4 Å². The van der Waals surface area contributed by atoms with Crippen LogP contribution in [0.1, 0.15) is 12.8 Å². The van der Waals surface area contributed by atoms with E-state index in [9.17, 15) is 5.11 Å². The predicted octanol–water partition coefficient (Wildman–Crippen LogP) is 4.51. The molecule has 0 radical (unpaired) electrons. The molecule has 1 aliphatic carbocycles. The Balaban J connectivity index is 1.35. The number of nitrogens with two attached hydrogens (primary N) is 1. The number of aromatic nitrogens is 2. The topological polar surface area (TPSA) is 93.7 Å². The highest BCUT2D eigenvalue weighted by molar-refractivity contribution is 6.01. The van der Waals surface area contributed by atoms with E-state index in [-0.39, 0.29) is 45.0 Å². The van der Waals surface area contributed by atoms with Gasteiger partial charge in [0.15, 0.2) is 5.82 Å². The summed E-state index contributed by atoms with van der Waals surface area (Å²) in [5.41, 5.74) is 5.90. The molecule has 186 valence electrons. The molecule has 2 fully saturated rings. The molecule has 2 heterocycles. The minimum atomic E-state index is -0.880. The Morgan fingerprint density at radius 2 is 1.83 bits per heavy atom. The molecule has 1 saturated heterocycles. The Morgan fingerprint density at radius 1 is 1.06 bits per heavy atom. The van der Waals surface area contributed by atoms with Gasteiger partial charge in [0.2, 0.25) is 0 Å². The van der Waals surface area contributed by atoms with E-state index in [1.54, 1.807) is 30.3 Å². The second kappa shape index (κ2) is 8.83. The van der Waals surface area contributed by atoms with Crippen LogP contribution in [0.25, 0.3) is 32.8 Å². The number of hydrogen-bond acceptors (Lipinski definition) is 7. The van der Waals surface area contributed by atoms with Gasteiger partial charge < -0.3 is 20.3 Å². The van der Waals surface area contributed by atoms with Crippen molar-refractivity contribution in [1.29, 1.82) is 0 Å². The summed E-state index contributed by atoms with van der Waals surface area (Å²) >= 11 is 0. The summed E-state index contributed by atoms with van der Waals surface area (Å²) in [7, 11) is 0. The van der Waals surface area contributed by atoms with Crippen molar-refractivity contribution < 1.29 is 23.4 Å². The van der Waals surface area contributed by atoms with Crippen molar-refractivity contribution in [3.63, 3.8) is 0 Å². The summed E-state index contributed by atoms with van der Waals surface area (Å²) < 4.78 is 42.5. The first-order chi connectivity index (χ1) is 17.4. The second-order valence-electron chi connectivity index (χ2n) is 9.73. The normalized spacial score (nSPS) is 17.5. The molecule has 1 aromatic heterocycles. The van der Waals surface area contributed by atoms with Crippen molar-refractivity contribution >= 4 is 27.5 Å². The molecule has 3 aromatic carbocycles. The maximum atomic E-state index is 15.9. The van der Waals surface area contributed by atoms with Crippen molar-refractivity contribution in [3.05, 3.63) is 54.1 Å². The summed E-state index contributed by atoms with van der Waals surface area (Å²) in [6.45, 7) is 4.53. The van der Waals surface area contributed by atoms with Crippen LogP contribution in [0.3, 0.4) is 0 Å². The number of nitrogen functional groups attached to an aromatic ring is 1. The van der Waals surface area contributed by atoms with E-state index in [0.717, 1.165) is 51.8 Å². The third-order valence-corrected chi connectivity index (χ3v) is 7.14. The van der Waals surface area contributed by atoms with Crippen molar-refractivity contribution in [2.75, 3.05) is 45.2 Å².